The highest BCUT2D eigenvalue weighted by molar-refractivity contribution is 7.80. The summed E-state index contributed by atoms with van der Waals surface area (Å²) in [6.45, 7) is -0.243. The van der Waals surface area contributed by atoms with E-state index in [1.54, 1.807) is 37.5 Å². The maximum absolute atomic E-state index is 12.2. The monoisotopic (exact) mass is 491 g/mol. The van der Waals surface area contributed by atoms with Crippen LogP contribution in [0.3, 0.4) is 0 Å². The number of hydrogen-bond acceptors (Lipinski definition) is 6. The smallest absolute Gasteiger partial charge is 0.276 e. The minimum absolute atomic E-state index is 0.0648. The van der Waals surface area contributed by atoms with Gasteiger partial charge in [-0.1, -0.05) is 54.6 Å². The number of methoxy groups -OCH3 is 2. The van der Waals surface area contributed by atoms with Gasteiger partial charge in [0.1, 0.15) is 5.75 Å². The van der Waals surface area contributed by atoms with Gasteiger partial charge in [0, 0.05) is 11.6 Å². The van der Waals surface area contributed by atoms with Crippen molar-refractivity contribution in [3.05, 3.63) is 84.4 Å². The second-order valence-electron chi connectivity index (χ2n) is 7.09. The molecule has 180 valence electrons. The Morgan fingerprint density at radius 2 is 1.57 bits per heavy atom. The van der Waals surface area contributed by atoms with Gasteiger partial charge in [-0.25, -0.2) is 0 Å². The Hall–Kier alpha value is -4.37. The van der Waals surface area contributed by atoms with E-state index in [4.69, 9.17) is 26.4 Å². The minimum atomic E-state index is -0.473. The van der Waals surface area contributed by atoms with Gasteiger partial charge >= 0.3 is 0 Å². The molecule has 3 rings (SSSR count). The van der Waals surface area contributed by atoms with Crippen LogP contribution in [0.25, 0.3) is 17.2 Å². The molecule has 2 amide bonds. The van der Waals surface area contributed by atoms with E-state index in [0.29, 0.717) is 17.2 Å². The molecule has 3 aromatic rings. The molecule has 0 fully saturated rings. The molecule has 0 aliphatic rings. The average Bonchev–Trinajstić information content (AvgIpc) is 2.90. The summed E-state index contributed by atoms with van der Waals surface area (Å²) in [5.74, 6) is 0.765. The molecule has 8 nitrogen and oxygen atoms in total. The molecule has 0 saturated carbocycles. The molecule has 3 aromatic carbocycles. The fraction of sp³-hybridized carbons (Fsp3) is 0.115. The standard InChI is InChI=1S/C26H25N3O5S/c1-32-22-14-12-18(16-23(22)33-2)13-15-24(30)27-26(35)29-28-25(31)17-34-21-11-7-6-10-20(21)19-8-4-3-5-9-19/h3-16H,17H2,1-2H3,(H,28,31)(H2,27,29,30,35)/b15-13+. The third-order valence-electron chi connectivity index (χ3n) is 4.72. The normalized spacial score (nSPS) is 10.3. The fourth-order valence-electron chi connectivity index (χ4n) is 3.07. The lowest BCUT2D eigenvalue weighted by Gasteiger charge is -2.13. The van der Waals surface area contributed by atoms with Gasteiger partial charge in [-0.2, -0.15) is 0 Å². The lowest BCUT2D eigenvalue weighted by molar-refractivity contribution is -0.123. The van der Waals surface area contributed by atoms with Gasteiger partial charge in [-0.05, 0) is 47.6 Å². The van der Waals surface area contributed by atoms with Crippen LogP contribution in [0.1, 0.15) is 5.56 Å². The van der Waals surface area contributed by atoms with Crippen LogP contribution in [-0.2, 0) is 9.59 Å². The van der Waals surface area contributed by atoms with Crippen LogP contribution >= 0.6 is 12.2 Å². The number of benzene rings is 3. The van der Waals surface area contributed by atoms with Crippen molar-refractivity contribution in [3.8, 4) is 28.4 Å². The number of carbonyl (C=O) groups is 2. The van der Waals surface area contributed by atoms with E-state index in [0.717, 1.165) is 16.7 Å². The van der Waals surface area contributed by atoms with Gasteiger partial charge in [0.25, 0.3) is 5.91 Å². The van der Waals surface area contributed by atoms with Crippen molar-refractivity contribution in [2.45, 2.75) is 0 Å². The second kappa shape index (κ2) is 12.8. The van der Waals surface area contributed by atoms with Crippen molar-refractivity contribution in [3.63, 3.8) is 0 Å². The molecular weight excluding hydrogens is 466 g/mol. The lowest BCUT2D eigenvalue weighted by atomic mass is 10.1. The SMILES string of the molecule is COc1ccc(/C=C/C(=O)NC(=S)NNC(=O)COc2ccccc2-c2ccccc2)cc1OC. The Balaban J connectivity index is 1.45. The Morgan fingerprint density at radius 3 is 2.31 bits per heavy atom. The number of ether oxygens (including phenoxy) is 3. The van der Waals surface area contributed by atoms with Crippen LogP contribution in [0.2, 0.25) is 0 Å². The molecule has 0 aliphatic heterocycles. The molecule has 0 heterocycles. The van der Waals surface area contributed by atoms with Crippen molar-refractivity contribution in [2.24, 2.45) is 0 Å². The summed E-state index contributed by atoms with van der Waals surface area (Å²) in [7, 11) is 3.08. The number of rotatable bonds is 8. The predicted molar refractivity (Wildman–Crippen MR) is 138 cm³/mol. The van der Waals surface area contributed by atoms with Gasteiger partial charge < -0.3 is 14.2 Å². The van der Waals surface area contributed by atoms with E-state index in [-0.39, 0.29) is 11.7 Å². The zero-order chi connectivity index (χ0) is 25.0. The highest BCUT2D eigenvalue weighted by Crippen LogP contribution is 2.29. The summed E-state index contributed by atoms with van der Waals surface area (Å²) < 4.78 is 16.1. The Labute approximate surface area is 208 Å². The highest BCUT2D eigenvalue weighted by atomic mass is 32.1. The van der Waals surface area contributed by atoms with Crippen LogP contribution in [0.5, 0.6) is 17.2 Å². The zero-order valence-electron chi connectivity index (χ0n) is 19.2. The third-order valence-corrected chi connectivity index (χ3v) is 4.92. The Morgan fingerprint density at radius 1 is 0.857 bits per heavy atom. The number of carbonyl (C=O) groups excluding carboxylic acids is 2. The maximum atomic E-state index is 12.2. The summed E-state index contributed by atoms with van der Waals surface area (Å²) in [6, 6.07) is 22.4. The van der Waals surface area contributed by atoms with E-state index in [2.05, 4.69) is 16.2 Å². The van der Waals surface area contributed by atoms with Gasteiger partial charge in [-0.3, -0.25) is 25.8 Å². The molecule has 0 aliphatic carbocycles. The molecule has 0 saturated heterocycles. The number of nitrogens with one attached hydrogen (secondary N) is 3. The van der Waals surface area contributed by atoms with Crippen LogP contribution in [0, 0.1) is 0 Å². The summed E-state index contributed by atoms with van der Waals surface area (Å²) in [4.78, 5) is 24.3. The van der Waals surface area contributed by atoms with Gasteiger partial charge in [0.15, 0.2) is 23.2 Å². The molecule has 0 spiro atoms. The quantitative estimate of drug-likeness (QED) is 0.252. The first kappa shape index (κ1) is 25.3. The number of hydrazine groups is 1. The van der Waals surface area contributed by atoms with E-state index < -0.39 is 11.8 Å². The molecule has 0 atom stereocenters. The van der Waals surface area contributed by atoms with Gasteiger partial charge in [0.2, 0.25) is 5.91 Å². The van der Waals surface area contributed by atoms with E-state index in [1.165, 1.54) is 13.2 Å². The first-order valence-corrected chi connectivity index (χ1v) is 11.0. The van der Waals surface area contributed by atoms with Crippen molar-refractivity contribution >= 4 is 35.2 Å². The van der Waals surface area contributed by atoms with Crippen molar-refractivity contribution < 1.29 is 23.8 Å². The van der Waals surface area contributed by atoms with Gasteiger partial charge in [-0.15, -0.1) is 0 Å². The van der Waals surface area contributed by atoms with Crippen molar-refractivity contribution in [1.29, 1.82) is 0 Å². The van der Waals surface area contributed by atoms with E-state index >= 15 is 0 Å². The second-order valence-corrected chi connectivity index (χ2v) is 7.50. The van der Waals surface area contributed by atoms with Crippen LogP contribution in [-0.4, -0.2) is 37.8 Å². The minimum Gasteiger partial charge on any atom is -0.493 e. The highest BCUT2D eigenvalue weighted by Gasteiger charge is 2.09. The average molecular weight is 492 g/mol. The van der Waals surface area contributed by atoms with E-state index in [9.17, 15) is 9.59 Å². The molecule has 35 heavy (non-hydrogen) atoms. The Bertz CT molecular complexity index is 1210. The van der Waals surface area contributed by atoms with Crippen LogP contribution in [0.15, 0.2) is 78.9 Å². The zero-order valence-corrected chi connectivity index (χ0v) is 20.1. The van der Waals surface area contributed by atoms with Crippen LogP contribution < -0.4 is 30.4 Å². The number of hydrogen-bond donors (Lipinski definition) is 3. The molecule has 3 N–H and O–H groups in total. The van der Waals surface area contributed by atoms with Crippen molar-refractivity contribution in [2.75, 3.05) is 20.8 Å². The Kier molecular flexibility index (Phi) is 9.21. The largest absolute Gasteiger partial charge is 0.493 e. The first-order valence-electron chi connectivity index (χ1n) is 10.6. The molecule has 0 unspecified atom stereocenters. The van der Waals surface area contributed by atoms with Crippen molar-refractivity contribution in [1.82, 2.24) is 16.2 Å². The third kappa shape index (κ3) is 7.58. The summed E-state index contributed by atoms with van der Waals surface area (Å²) in [5, 5.41) is 2.38. The lowest BCUT2D eigenvalue weighted by Crippen LogP contribution is -2.49. The fourth-order valence-corrected chi connectivity index (χ4v) is 3.22. The van der Waals surface area contributed by atoms with Gasteiger partial charge in [0.05, 0.1) is 14.2 Å². The molecule has 0 radical (unpaired) electrons. The first-order chi connectivity index (χ1) is 17.0. The maximum Gasteiger partial charge on any atom is 0.276 e. The molecule has 0 bridgehead atoms. The predicted octanol–water partition coefficient (Wildman–Crippen LogP) is 3.48. The number of para-hydroxylation sites is 1. The topological polar surface area (TPSA) is 97.9 Å². The molecule has 9 heteroatoms. The van der Waals surface area contributed by atoms with Crippen LogP contribution in [0.4, 0.5) is 0 Å². The molecule has 0 aromatic heterocycles. The number of amides is 2. The van der Waals surface area contributed by atoms with E-state index in [1.807, 2.05) is 48.5 Å². The summed E-state index contributed by atoms with van der Waals surface area (Å²) in [6.07, 6.45) is 2.90. The summed E-state index contributed by atoms with van der Waals surface area (Å²) >= 11 is 5.05. The number of thiocarbonyl (C=S) groups is 1. The summed E-state index contributed by atoms with van der Waals surface area (Å²) in [5.41, 5.74) is 7.46. The molecular formula is C26H25N3O5S.